The summed E-state index contributed by atoms with van der Waals surface area (Å²) in [5.41, 5.74) is 0.974. The van der Waals surface area contributed by atoms with Gasteiger partial charge in [0.2, 0.25) is 0 Å². The molecule has 2 aromatic heterocycles. The van der Waals surface area contributed by atoms with Gasteiger partial charge in [-0.15, -0.1) is 0 Å². The van der Waals surface area contributed by atoms with Crippen molar-refractivity contribution in [1.29, 1.82) is 0 Å². The summed E-state index contributed by atoms with van der Waals surface area (Å²) in [7, 11) is -3.89. The number of carbonyl (C=O) groups is 1. The molecule has 0 aliphatic carbocycles. The number of rotatable bonds is 5. The van der Waals surface area contributed by atoms with Crippen LogP contribution in [0.1, 0.15) is 23.5 Å². The van der Waals surface area contributed by atoms with Gasteiger partial charge in [0.15, 0.2) is 11.9 Å². The predicted octanol–water partition coefficient (Wildman–Crippen LogP) is 3.21. The molecule has 7 nitrogen and oxygen atoms in total. The van der Waals surface area contributed by atoms with Crippen LogP contribution in [0.15, 0.2) is 47.5 Å². The van der Waals surface area contributed by atoms with Crippen LogP contribution in [0.3, 0.4) is 0 Å². The highest BCUT2D eigenvalue weighted by atomic mass is 35.5. The molecule has 1 saturated heterocycles. The Morgan fingerprint density at radius 3 is 2.52 bits per heavy atom. The number of hydrogen-bond acceptors (Lipinski definition) is 6. The quantitative estimate of drug-likeness (QED) is 0.572. The van der Waals surface area contributed by atoms with Gasteiger partial charge in [-0.25, -0.2) is 17.4 Å². The SMILES string of the molecule is C.O=Cc1cnc2c(cc(CN3CCOCC3)n2S(=O)(=O)c2ccccc2)c1Cl. The maximum absolute atomic E-state index is 13.4. The zero-order valence-electron chi connectivity index (χ0n) is 14.9. The van der Waals surface area contributed by atoms with Gasteiger partial charge in [0.05, 0.1) is 34.4 Å². The van der Waals surface area contributed by atoms with Crippen molar-refractivity contribution in [3.8, 4) is 0 Å². The lowest BCUT2D eigenvalue weighted by molar-refractivity contribution is 0.0336. The Morgan fingerprint density at radius 1 is 1.17 bits per heavy atom. The van der Waals surface area contributed by atoms with Crippen molar-refractivity contribution >= 4 is 38.9 Å². The highest BCUT2D eigenvalue weighted by Crippen LogP contribution is 2.31. The van der Waals surface area contributed by atoms with E-state index in [1.54, 1.807) is 36.4 Å². The number of morpholine rings is 1. The second-order valence-corrected chi connectivity index (χ2v) is 8.65. The molecule has 1 aliphatic rings. The number of ether oxygens (including phenoxy) is 1. The highest BCUT2D eigenvalue weighted by Gasteiger charge is 2.26. The van der Waals surface area contributed by atoms with Crippen LogP contribution in [-0.4, -0.2) is 54.9 Å². The van der Waals surface area contributed by atoms with E-state index in [0.29, 0.717) is 50.2 Å². The Balaban J connectivity index is 0.00000240. The van der Waals surface area contributed by atoms with E-state index >= 15 is 0 Å². The molecule has 0 atom stereocenters. The molecule has 0 unspecified atom stereocenters. The first-order valence-electron chi connectivity index (χ1n) is 8.77. The molecule has 0 bridgehead atoms. The van der Waals surface area contributed by atoms with Crippen LogP contribution in [0.2, 0.25) is 5.02 Å². The monoisotopic (exact) mass is 435 g/mol. The minimum atomic E-state index is -3.89. The van der Waals surface area contributed by atoms with Crippen molar-refractivity contribution in [3.63, 3.8) is 0 Å². The Labute approximate surface area is 174 Å². The van der Waals surface area contributed by atoms with Gasteiger partial charge in [-0.1, -0.05) is 37.2 Å². The summed E-state index contributed by atoms with van der Waals surface area (Å²) in [5, 5.41) is 0.638. The molecule has 9 heteroatoms. The third-order valence-electron chi connectivity index (χ3n) is 4.72. The molecule has 29 heavy (non-hydrogen) atoms. The van der Waals surface area contributed by atoms with E-state index in [2.05, 4.69) is 9.88 Å². The number of aromatic nitrogens is 2. The molecule has 0 saturated carbocycles. The topological polar surface area (TPSA) is 81.5 Å². The van der Waals surface area contributed by atoms with Gasteiger partial charge in [0.1, 0.15) is 0 Å². The molecule has 154 valence electrons. The molecule has 0 spiro atoms. The number of fused-ring (bicyclic) bond motifs is 1. The first-order chi connectivity index (χ1) is 13.5. The first kappa shape index (κ1) is 21.4. The van der Waals surface area contributed by atoms with E-state index in [9.17, 15) is 13.2 Å². The smallest absolute Gasteiger partial charge is 0.269 e. The van der Waals surface area contributed by atoms with E-state index in [1.165, 1.54) is 10.2 Å². The lowest BCUT2D eigenvalue weighted by Crippen LogP contribution is -2.36. The maximum atomic E-state index is 13.4. The van der Waals surface area contributed by atoms with Crippen molar-refractivity contribution in [2.75, 3.05) is 26.3 Å². The van der Waals surface area contributed by atoms with Crippen molar-refractivity contribution in [3.05, 3.63) is 58.9 Å². The van der Waals surface area contributed by atoms with Crippen molar-refractivity contribution in [2.45, 2.75) is 18.9 Å². The summed E-state index contributed by atoms with van der Waals surface area (Å²) in [6.45, 7) is 3.00. The summed E-state index contributed by atoms with van der Waals surface area (Å²) in [6.07, 6.45) is 1.91. The number of hydrogen-bond donors (Lipinski definition) is 0. The fourth-order valence-corrected chi connectivity index (χ4v) is 5.04. The van der Waals surface area contributed by atoms with Gasteiger partial charge in [-0.05, 0) is 18.2 Å². The summed E-state index contributed by atoms with van der Waals surface area (Å²) in [5.74, 6) is 0. The third kappa shape index (κ3) is 3.93. The highest BCUT2D eigenvalue weighted by molar-refractivity contribution is 7.90. The molecule has 3 aromatic rings. The third-order valence-corrected chi connectivity index (χ3v) is 6.90. The average Bonchev–Trinajstić information content (AvgIpc) is 3.09. The number of carbonyl (C=O) groups excluding carboxylic acids is 1. The Morgan fingerprint density at radius 2 is 1.86 bits per heavy atom. The van der Waals surface area contributed by atoms with Gasteiger partial charge in [0, 0.05) is 31.2 Å². The van der Waals surface area contributed by atoms with Gasteiger partial charge < -0.3 is 4.74 Å². The minimum absolute atomic E-state index is 0. The van der Waals surface area contributed by atoms with E-state index in [-0.39, 0.29) is 28.6 Å². The Kier molecular flexibility index (Phi) is 6.38. The Hall–Kier alpha value is -2.26. The van der Waals surface area contributed by atoms with Crippen LogP contribution < -0.4 is 0 Å². The van der Waals surface area contributed by atoms with E-state index in [1.807, 2.05) is 0 Å². The largest absolute Gasteiger partial charge is 0.379 e. The molecule has 3 heterocycles. The van der Waals surface area contributed by atoms with E-state index in [4.69, 9.17) is 16.3 Å². The zero-order chi connectivity index (χ0) is 19.7. The van der Waals surface area contributed by atoms with Crippen LogP contribution in [0, 0.1) is 0 Å². The second kappa shape index (κ2) is 8.62. The zero-order valence-corrected chi connectivity index (χ0v) is 16.5. The van der Waals surface area contributed by atoms with Crippen molar-refractivity contribution < 1.29 is 17.9 Å². The normalized spacial score (nSPS) is 15.2. The molecule has 1 fully saturated rings. The molecular weight excluding hydrogens is 414 g/mol. The van der Waals surface area contributed by atoms with Gasteiger partial charge in [-0.2, -0.15) is 0 Å². The molecule has 4 rings (SSSR count). The number of pyridine rings is 1. The number of nitrogens with zero attached hydrogens (tertiary/aromatic N) is 3. The summed E-state index contributed by atoms with van der Waals surface area (Å²) < 4.78 is 33.4. The van der Waals surface area contributed by atoms with Gasteiger partial charge in [-0.3, -0.25) is 9.69 Å². The lowest BCUT2D eigenvalue weighted by Gasteiger charge is -2.26. The number of aldehydes is 1. The number of halogens is 1. The van der Waals surface area contributed by atoms with Gasteiger partial charge >= 0.3 is 0 Å². The van der Waals surface area contributed by atoms with E-state index < -0.39 is 10.0 Å². The minimum Gasteiger partial charge on any atom is -0.379 e. The van der Waals surface area contributed by atoms with Crippen LogP contribution in [0.5, 0.6) is 0 Å². The van der Waals surface area contributed by atoms with Crippen molar-refractivity contribution in [2.24, 2.45) is 0 Å². The molecule has 1 aliphatic heterocycles. The van der Waals surface area contributed by atoms with E-state index in [0.717, 1.165) is 0 Å². The maximum Gasteiger partial charge on any atom is 0.269 e. The molecule has 0 radical (unpaired) electrons. The standard InChI is InChI=1S/C19H18ClN3O4S.CH4/c20-18-14(13-24)11-21-19-17(18)10-15(12-22-6-8-27-9-7-22)23(19)28(25,26)16-4-2-1-3-5-16;/h1-5,10-11,13H,6-9,12H2;1H4. The summed E-state index contributed by atoms with van der Waals surface area (Å²) >= 11 is 6.35. The first-order valence-corrected chi connectivity index (χ1v) is 10.6. The predicted molar refractivity (Wildman–Crippen MR) is 112 cm³/mol. The molecule has 1 aromatic carbocycles. The molecule has 0 amide bonds. The van der Waals surface area contributed by atoms with Gasteiger partial charge in [0.25, 0.3) is 10.0 Å². The fraction of sp³-hybridized carbons (Fsp3) is 0.300. The summed E-state index contributed by atoms with van der Waals surface area (Å²) in [4.78, 5) is 17.7. The summed E-state index contributed by atoms with van der Waals surface area (Å²) in [6, 6.07) is 9.89. The second-order valence-electron chi connectivity index (χ2n) is 6.49. The fourth-order valence-electron chi connectivity index (χ4n) is 3.31. The lowest BCUT2D eigenvalue weighted by atomic mass is 10.2. The molecule has 0 N–H and O–H groups in total. The van der Waals surface area contributed by atoms with Crippen LogP contribution in [0.4, 0.5) is 0 Å². The van der Waals surface area contributed by atoms with Crippen molar-refractivity contribution in [1.82, 2.24) is 13.9 Å². The number of benzene rings is 1. The molecular formula is C20H22ClN3O4S. The van der Waals surface area contributed by atoms with Crippen LogP contribution >= 0.6 is 11.6 Å². The Bertz CT molecular complexity index is 1120. The van der Waals surface area contributed by atoms with Crippen LogP contribution in [-0.2, 0) is 21.3 Å². The average molecular weight is 436 g/mol. The van der Waals surface area contributed by atoms with Crippen LogP contribution in [0.25, 0.3) is 11.0 Å².